The van der Waals surface area contributed by atoms with Crippen molar-refractivity contribution < 1.29 is 13.9 Å². The summed E-state index contributed by atoms with van der Waals surface area (Å²) in [5, 5.41) is 1.19. The zero-order valence-corrected chi connectivity index (χ0v) is 17.7. The molecule has 0 atom stereocenters. The third kappa shape index (κ3) is 2.66. The summed E-state index contributed by atoms with van der Waals surface area (Å²) in [6, 6.07) is 10.4. The lowest BCUT2D eigenvalue weighted by molar-refractivity contribution is 0.0528. The molecule has 0 fully saturated rings. The van der Waals surface area contributed by atoms with Gasteiger partial charge in [0, 0.05) is 20.9 Å². The molecule has 1 aliphatic rings. The van der Waals surface area contributed by atoms with Gasteiger partial charge in [0.25, 0.3) is 0 Å². The number of hydrogen-bond acceptors (Lipinski definition) is 2. The van der Waals surface area contributed by atoms with Gasteiger partial charge in [-0.05, 0) is 77.7 Å². The molecule has 5 rings (SSSR count). The van der Waals surface area contributed by atoms with Crippen LogP contribution in [-0.2, 0) is 17.6 Å². The van der Waals surface area contributed by atoms with E-state index in [9.17, 15) is 9.18 Å². The Bertz CT molecular complexity index is 1410. The normalized spacial score (nSPS) is 12.5. The van der Waals surface area contributed by atoms with E-state index in [1.54, 1.807) is 13.0 Å². The third-order valence-corrected chi connectivity index (χ3v) is 6.15. The second kappa shape index (κ2) is 6.96. The van der Waals surface area contributed by atoms with Crippen LogP contribution in [-0.4, -0.2) is 17.6 Å². The van der Waals surface area contributed by atoms with E-state index < -0.39 is 5.97 Å². The van der Waals surface area contributed by atoms with E-state index >= 15 is 0 Å². The molecule has 1 heterocycles. The Morgan fingerprint density at radius 3 is 2.87 bits per heavy atom. The molecule has 0 saturated heterocycles. The molecule has 0 radical (unpaired) electrons. The molecular weight excluding hydrogens is 447 g/mol. The van der Waals surface area contributed by atoms with Gasteiger partial charge in [0.05, 0.1) is 18.7 Å². The molecule has 0 amide bonds. The third-order valence-electron chi connectivity index (χ3n) is 5.66. The van der Waals surface area contributed by atoms with Crippen LogP contribution >= 0.6 is 15.9 Å². The second-order valence-electron chi connectivity index (χ2n) is 7.28. The van der Waals surface area contributed by atoms with Gasteiger partial charge in [-0.1, -0.05) is 22.0 Å². The monoisotopic (exact) mass is 462 g/mol. The zero-order chi connectivity index (χ0) is 21.0. The van der Waals surface area contributed by atoms with E-state index in [1.165, 1.54) is 12.1 Å². The minimum Gasteiger partial charge on any atom is -0.463 e. The van der Waals surface area contributed by atoms with Gasteiger partial charge in [0.2, 0.25) is 5.69 Å². The highest BCUT2D eigenvalue weighted by Crippen LogP contribution is 2.48. The van der Waals surface area contributed by atoms with Crippen LogP contribution < -0.4 is 0 Å². The number of rotatable bonds is 2. The molecule has 1 N–H and O–H groups in total. The first-order chi connectivity index (χ1) is 14.5. The number of H-pyrrole nitrogens is 1. The molecule has 30 heavy (non-hydrogen) atoms. The Balaban J connectivity index is 2.00. The summed E-state index contributed by atoms with van der Waals surface area (Å²) in [6.45, 7) is 9.85. The van der Waals surface area contributed by atoms with Gasteiger partial charge in [0.1, 0.15) is 5.82 Å². The first kappa shape index (κ1) is 18.8. The zero-order valence-electron chi connectivity index (χ0n) is 16.1. The van der Waals surface area contributed by atoms with Crippen molar-refractivity contribution in [3.63, 3.8) is 0 Å². The maximum atomic E-state index is 14.0. The highest BCUT2D eigenvalue weighted by atomic mass is 79.9. The Hall–Kier alpha value is -3.17. The molecule has 1 aromatic heterocycles. The van der Waals surface area contributed by atoms with E-state index in [4.69, 9.17) is 11.3 Å². The van der Waals surface area contributed by atoms with Gasteiger partial charge in [-0.3, -0.25) is 0 Å². The Kier molecular flexibility index (Phi) is 4.37. The van der Waals surface area contributed by atoms with Crippen molar-refractivity contribution in [1.29, 1.82) is 0 Å². The van der Waals surface area contributed by atoms with Crippen LogP contribution in [0.25, 0.3) is 37.8 Å². The fraction of sp³-hybridized carbons (Fsp3) is 0.167. The van der Waals surface area contributed by atoms with Gasteiger partial charge in [-0.2, -0.15) is 0 Å². The van der Waals surface area contributed by atoms with Gasteiger partial charge in [-0.25, -0.2) is 14.0 Å². The van der Waals surface area contributed by atoms with E-state index in [0.717, 1.165) is 44.2 Å². The summed E-state index contributed by atoms with van der Waals surface area (Å²) >= 11 is 3.52. The number of esters is 1. The van der Waals surface area contributed by atoms with Crippen molar-refractivity contribution in [2.24, 2.45) is 0 Å². The first-order valence-electron chi connectivity index (χ1n) is 9.66. The molecule has 4 aromatic rings. The van der Waals surface area contributed by atoms with Crippen molar-refractivity contribution in [3.8, 4) is 11.1 Å². The van der Waals surface area contributed by atoms with Gasteiger partial charge in [-0.15, -0.1) is 0 Å². The number of nitrogens with zero attached hydrogens (tertiary/aromatic N) is 1. The number of benzene rings is 3. The van der Waals surface area contributed by atoms with Crippen molar-refractivity contribution in [3.05, 3.63) is 74.8 Å². The van der Waals surface area contributed by atoms with Crippen molar-refractivity contribution in [2.45, 2.75) is 19.8 Å². The lowest BCUT2D eigenvalue weighted by atomic mass is 9.81. The number of ether oxygens (including phenoxy) is 1. The van der Waals surface area contributed by atoms with Crippen molar-refractivity contribution in [1.82, 2.24) is 4.98 Å². The lowest BCUT2D eigenvalue weighted by Crippen LogP contribution is -2.13. The van der Waals surface area contributed by atoms with E-state index in [1.807, 2.05) is 12.1 Å². The fourth-order valence-corrected chi connectivity index (χ4v) is 4.90. The van der Waals surface area contributed by atoms with Crippen LogP contribution in [0.5, 0.6) is 0 Å². The van der Waals surface area contributed by atoms with Gasteiger partial charge < -0.3 is 9.72 Å². The minimum atomic E-state index is -0.525. The van der Waals surface area contributed by atoms with Crippen LogP contribution in [0.15, 0.2) is 40.9 Å². The highest BCUT2D eigenvalue weighted by Gasteiger charge is 2.31. The summed E-state index contributed by atoms with van der Waals surface area (Å²) in [6.07, 6.45) is 1.51. The van der Waals surface area contributed by atoms with Crippen molar-refractivity contribution in [2.75, 3.05) is 6.61 Å². The van der Waals surface area contributed by atoms with Gasteiger partial charge in [0.15, 0.2) is 0 Å². The van der Waals surface area contributed by atoms with Crippen LogP contribution in [0.3, 0.4) is 0 Å². The second-order valence-corrected chi connectivity index (χ2v) is 8.19. The number of carbonyl (C=O) groups excluding carboxylic acids is 1. The summed E-state index contributed by atoms with van der Waals surface area (Å²) in [5.41, 5.74) is 5.75. The quantitative estimate of drug-likeness (QED) is 0.265. The maximum absolute atomic E-state index is 14.0. The Labute approximate surface area is 180 Å². The molecule has 0 spiro atoms. The van der Waals surface area contributed by atoms with Crippen molar-refractivity contribution >= 4 is 49.4 Å². The van der Waals surface area contributed by atoms with Crippen LogP contribution in [0.4, 0.5) is 10.1 Å². The average Bonchev–Trinajstić information content (AvgIpc) is 3.11. The fourth-order valence-electron chi connectivity index (χ4n) is 4.49. The average molecular weight is 463 g/mol. The van der Waals surface area contributed by atoms with Crippen LogP contribution in [0, 0.1) is 12.4 Å². The number of fused-ring (bicyclic) bond motifs is 7. The molecule has 1 aliphatic carbocycles. The number of aromatic nitrogens is 1. The standard InChI is InChI=1S/C24H16BrFN2O2/c1-3-30-24(29)21-19-15-8-5-13(25)10-12(15)4-7-16(19)22-20(23(21)27-2)17-11-14(26)6-9-18(17)28-22/h5-6,8-11,28H,3-4,7H2,1H3. The molecule has 4 nitrogen and oxygen atoms in total. The number of hydrogen-bond donors (Lipinski definition) is 1. The molecule has 3 aromatic carbocycles. The predicted octanol–water partition coefficient (Wildman–Crippen LogP) is 6.72. The molecule has 0 unspecified atom stereocenters. The number of carbonyl (C=O) groups is 1. The molecule has 148 valence electrons. The molecule has 0 bridgehead atoms. The summed E-state index contributed by atoms with van der Waals surface area (Å²) < 4.78 is 20.4. The summed E-state index contributed by atoms with van der Waals surface area (Å²) in [4.78, 5) is 20.2. The maximum Gasteiger partial charge on any atom is 0.328 e. The number of aryl methyl sites for hydroxylation is 2. The van der Waals surface area contributed by atoms with E-state index in [2.05, 4.69) is 31.8 Å². The Morgan fingerprint density at radius 1 is 1.27 bits per heavy atom. The topological polar surface area (TPSA) is 46.5 Å². The smallest absolute Gasteiger partial charge is 0.328 e. The first-order valence-corrected chi connectivity index (χ1v) is 10.5. The largest absolute Gasteiger partial charge is 0.463 e. The highest BCUT2D eigenvalue weighted by molar-refractivity contribution is 9.10. The van der Waals surface area contributed by atoms with Crippen LogP contribution in [0.1, 0.15) is 28.4 Å². The number of halogens is 2. The SMILES string of the molecule is [C-]#[N+]c1c(C(=O)OCC)c2c(c3[nH]c4ccc(F)cc4c13)CCc1cc(Br)ccc1-2. The molecule has 0 aliphatic heterocycles. The Morgan fingerprint density at radius 2 is 2.10 bits per heavy atom. The molecular formula is C24H16BrFN2O2. The lowest BCUT2D eigenvalue weighted by Gasteiger charge is -2.24. The van der Waals surface area contributed by atoms with E-state index in [0.29, 0.717) is 17.2 Å². The van der Waals surface area contributed by atoms with Gasteiger partial charge >= 0.3 is 5.97 Å². The van der Waals surface area contributed by atoms with Crippen LogP contribution in [0.2, 0.25) is 0 Å². The predicted molar refractivity (Wildman–Crippen MR) is 119 cm³/mol. The number of nitrogens with one attached hydrogen (secondary N) is 1. The molecule has 0 saturated carbocycles. The number of aromatic amines is 1. The van der Waals surface area contributed by atoms with E-state index in [-0.39, 0.29) is 23.7 Å². The summed E-state index contributed by atoms with van der Waals surface area (Å²) in [5.74, 6) is -0.909. The minimum absolute atomic E-state index is 0.204. The summed E-state index contributed by atoms with van der Waals surface area (Å²) in [7, 11) is 0. The molecule has 6 heteroatoms.